The van der Waals surface area contributed by atoms with Crippen molar-refractivity contribution in [3.63, 3.8) is 0 Å². The zero-order chi connectivity index (χ0) is 22.2. The number of hydrogen-bond acceptors (Lipinski definition) is 2. The lowest BCUT2D eigenvalue weighted by Crippen LogP contribution is -2.25. The number of benzene rings is 2. The summed E-state index contributed by atoms with van der Waals surface area (Å²) in [7, 11) is 0. The Morgan fingerprint density at radius 2 is 1.42 bits per heavy atom. The highest BCUT2D eigenvalue weighted by molar-refractivity contribution is 6.01. The number of rotatable bonds is 13. The van der Waals surface area contributed by atoms with Gasteiger partial charge in [-0.05, 0) is 42.8 Å². The molecule has 168 valence electrons. The number of aliphatic imine (C=N–C) groups is 2. The highest BCUT2D eigenvalue weighted by Gasteiger charge is 1.99. The molecule has 0 spiro atoms. The Hall–Kier alpha value is -3.02. The first-order valence-corrected chi connectivity index (χ1v) is 11.4. The number of unbranched alkanes of at least 4 members (excludes halogenated alkanes) is 8. The molecule has 0 saturated heterocycles. The van der Waals surface area contributed by atoms with Crippen LogP contribution >= 0.6 is 0 Å². The van der Waals surface area contributed by atoms with E-state index in [0.29, 0.717) is 5.69 Å². The second kappa shape index (κ2) is 14.9. The van der Waals surface area contributed by atoms with Crippen molar-refractivity contribution in [3.8, 4) is 5.75 Å². The zero-order valence-corrected chi connectivity index (χ0v) is 18.7. The number of para-hydroxylation sites is 1. The number of nitrogens with one attached hydrogen (secondary N) is 1. The largest absolute Gasteiger partial charge is 0.494 e. The Morgan fingerprint density at radius 1 is 0.806 bits per heavy atom. The van der Waals surface area contributed by atoms with Crippen molar-refractivity contribution in [1.29, 1.82) is 0 Å². The molecule has 5 N–H and O–H groups in total. The van der Waals surface area contributed by atoms with Crippen LogP contribution in [-0.2, 0) is 0 Å². The lowest BCUT2D eigenvalue weighted by atomic mass is 10.1. The number of guanidine groups is 2. The molecule has 0 aliphatic heterocycles. The third kappa shape index (κ3) is 11.1. The van der Waals surface area contributed by atoms with Crippen molar-refractivity contribution in [1.82, 2.24) is 0 Å². The van der Waals surface area contributed by atoms with Gasteiger partial charge >= 0.3 is 0 Å². The van der Waals surface area contributed by atoms with E-state index in [4.69, 9.17) is 16.2 Å². The van der Waals surface area contributed by atoms with Crippen LogP contribution in [0.4, 0.5) is 11.4 Å². The summed E-state index contributed by atoms with van der Waals surface area (Å²) in [6.07, 6.45) is 11.8. The normalized spacial score (nSPS) is 12.0. The van der Waals surface area contributed by atoms with Crippen LogP contribution in [0.1, 0.15) is 64.7 Å². The quantitative estimate of drug-likeness (QED) is 0.210. The predicted molar refractivity (Wildman–Crippen MR) is 132 cm³/mol. The molecule has 0 aliphatic rings. The van der Waals surface area contributed by atoms with Crippen LogP contribution in [0.15, 0.2) is 64.6 Å². The molecule has 0 radical (unpaired) electrons. The van der Waals surface area contributed by atoms with E-state index in [1.54, 1.807) is 0 Å². The third-order valence-electron chi connectivity index (χ3n) is 4.88. The van der Waals surface area contributed by atoms with Gasteiger partial charge in [-0.25, -0.2) is 4.99 Å². The Balaban J connectivity index is 1.66. The maximum Gasteiger partial charge on any atom is 0.223 e. The summed E-state index contributed by atoms with van der Waals surface area (Å²) in [6, 6.07) is 17.0. The average molecular weight is 424 g/mol. The fourth-order valence-electron chi connectivity index (χ4n) is 3.20. The summed E-state index contributed by atoms with van der Waals surface area (Å²) in [5.74, 6) is 1.11. The van der Waals surface area contributed by atoms with Crippen molar-refractivity contribution in [2.24, 2.45) is 21.5 Å². The van der Waals surface area contributed by atoms with Crippen molar-refractivity contribution < 1.29 is 4.74 Å². The van der Waals surface area contributed by atoms with E-state index in [1.807, 2.05) is 54.6 Å². The third-order valence-corrected chi connectivity index (χ3v) is 4.88. The van der Waals surface area contributed by atoms with Crippen LogP contribution in [0.2, 0.25) is 0 Å². The minimum Gasteiger partial charge on any atom is -0.494 e. The van der Waals surface area contributed by atoms with Crippen LogP contribution < -0.4 is 21.5 Å². The summed E-state index contributed by atoms with van der Waals surface area (Å²) < 4.78 is 5.82. The van der Waals surface area contributed by atoms with Gasteiger partial charge in [-0.1, -0.05) is 76.5 Å². The molecule has 6 nitrogen and oxygen atoms in total. The summed E-state index contributed by atoms with van der Waals surface area (Å²) in [4.78, 5) is 8.35. The molecule has 0 fully saturated rings. The van der Waals surface area contributed by atoms with E-state index in [-0.39, 0.29) is 11.9 Å². The Kier molecular flexibility index (Phi) is 11.6. The van der Waals surface area contributed by atoms with Crippen LogP contribution in [0.3, 0.4) is 0 Å². The van der Waals surface area contributed by atoms with Crippen molar-refractivity contribution in [3.05, 3.63) is 54.6 Å². The first-order chi connectivity index (χ1) is 15.2. The molecule has 2 aromatic carbocycles. The van der Waals surface area contributed by atoms with Gasteiger partial charge in [-0.2, -0.15) is 4.99 Å². The summed E-state index contributed by atoms with van der Waals surface area (Å²) in [5, 5.41) is 2.97. The van der Waals surface area contributed by atoms with Gasteiger partial charge in [-0.3, -0.25) is 0 Å². The van der Waals surface area contributed by atoms with Gasteiger partial charge < -0.3 is 21.5 Å². The lowest BCUT2D eigenvalue weighted by molar-refractivity contribution is 0.304. The summed E-state index contributed by atoms with van der Waals surface area (Å²) in [5.41, 5.74) is 13.3. The van der Waals surface area contributed by atoms with Gasteiger partial charge in [0.25, 0.3) is 0 Å². The SMILES string of the molecule is CCCCCCCCCCCOc1ccc(N=C(N)/N=C(\N)Nc2ccccc2)cc1. The van der Waals surface area contributed by atoms with E-state index in [0.717, 1.165) is 24.5 Å². The molecule has 31 heavy (non-hydrogen) atoms. The highest BCUT2D eigenvalue weighted by atomic mass is 16.5. The monoisotopic (exact) mass is 423 g/mol. The van der Waals surface area contributed by atoms with Crippen LogP contribution in [-0.4, -0.2) is 18.5 Å². The van der Waals surface area contributed by atoms with Crippen LogP contribution in [0.5, 0.6) is 5.75 Å². The summed E-state index contributed by atoms with van der Waals surface area (Å²) in [6.45, 7) is 3.00. The van der Waals surface area contributed by atoms with Gasteiger partial charge in [0.1, 0.15) is 5.75 Å². The fourth-order valence-corrected chi connectivity index (χ4v) is 3.20. The van der Waals surface area contributed by atoms with Crippen LogP contribution in [0.25, 0.3) is 0 Å². The molecule has 0 amide bonds. The average Bonchev–Trinajstić information content (AvgIpc) is 2.76. The molecule has 0 unspecified atom stereocenters. The molecule has 6 heteroatoms. The van der Waals surface area contributed by atoms with Crippen molar-refractivity contribution >= 4 is 23.3 Å². The van der Waals surface area contributed by atoms with E-state index in [1.165, 1.54) is 51.4 Å². The second-order valence-electron chi connectivity index (χ2n) is 7.63. The molecule has 0 bridgehead atoms. The van der Waals surface area contributed by atoms with Gasteiger partial charge in [-0.15, -0.1) is 0 Å². The molecule has 0 aliphatic carbocycles. The minimum atomic E-state index is 0.0873. The first-order valence-electron chi connectivity index (χ1n) is 11.4. The molecule has 0 atom stereocenters. The number of nitrogens with two attached hydrogens (primary N) is 2. The standard InChI is InChI=1S/C25H37N5O/c1-2-3-4-5-6-7-8-9-13-20-31-23-18-16-22(17-19-23)29-25(27)30-24(26)28-21-14-11-10-12-15-21/h10-12,14-19H,2-9,13,20H2,1H3,(H5,26,27,28,29,30). The minimum absolute atomic E-state index is 0.0873. The molecular weight excluding hydrogens is 386 g/mol. The molecule has 0 aromatic heterocycles. The molecule has 2 rings (SSSR count). The smallest absolute Gasteiger partial charge is 0.223 e. The van der Waals surface area contributed by atoms with E-state index in [9.17, 15) is 0 Å². The number of ether oxygens (including phenoxy) is 1. The topological polar surface area (TPSA) is 98.0 Å². The van der Waals surface area contributed by atoms with Gasteiger partial charge in [0.2, 0.25) is 11.9 Å². The van der Waals surface area contributed by atoms with E-state index >= 15 is 0 Å². The number of anilines is 1. The Labute approximate surface area is 186 Å². The van der Waals surface area contributed by atoms with Crippen molar-refractivity contribution in [2.75, 3.05) is 11.9 Å². The molecule has 2 aromatic rings. The van der Waals surface area contributed by atoms with Crippen molar-refractivity contribution in [2.45, 2.75) is 64.7 Å². The fraction of sp³-hybridized carbons (Fsp3) is 0.440. The Bertz CT molecular complexity index is 787. The van der Waals surface area contributed by atoms with E-state index in [2.05, 4.69) is 22.2 Å². The molecule has 0 saturated carbocycles. The Morgan fingerprint density at radius 3 is 2.06 bits per heavy atom. The van der Waals surface area contributed by atoms with Gasteiger partial charge in [0.05, 0.1) is 12.3 Å². The maximum absolute atomic E-state index is 5.88. The first kappa shape index (κ1) is 24.3. The molecule has 0 heterocycles. The summed E-state index contributed by atoms with van der Waals surface area (Å²) >= 11 is 0. The van der Waals surface area contributed by atoms with Gasteiger partial charge in [0.15, 0.2) is 0 Å². The van der Waals surface area contributed by atoms with Gasteiger partial charge in [0, 0.05) is 5.69 Å². The highest BCUT2D eigenvalue weighted by Crippen LogP contribution is 2.19. The maximum atomic E-state index is 5.88. The van der Waals surface area contributed by atoms with E-state index < -0.39 is 0 Å². The second-order valence-corrected chi connectivity index (χ2v) is 7.63. The lowest BCUT2D eigenvalue weighted by Gasteiger charge is -2.07. The number of hydrogen-bond donors (Lipinski definition) is 3. The number of nitrogens with zero attached hydrogens (tertiary/aromatic N) is 2. The molecular formula is C25H37N5O. The predicted octanol–water partition coefficient (Wildman–Crippen LogP) is 5.97. The zero-order valence-electron chi connectivity index (χ0n) is 18.7. The van der Waals surface area contributed by atoms with Crippen LogP contribution in [0, 0.1) is 0 Å².